The van der Waals surface area contributed by atoms with Crippen LogP contribution in [0.4, 0.5) is 22.0 Å². The second-order valence-corrected chi connectivity index (χ2v) is 7.21. The van der Waals surface area contributed by atoms with Crippen LogP contribution in [-0.2, 0) is 19.3 Å². The van der Waals surface area contributed by atoms with Crippen molar-refractivity contribution in [2.45, 2.75) is 37.8 Å². The van der Waals surface area contributed by atoms with Gasteiger partial charge in [0.05, 0.1) is 0 Å². The number of halogens is 5. The third-order valence-corrected chi connectivity index (χ3v) is 5.29. The molecule has 0 amide bonds. The summed E-state index contributed by atoms with van der Waals surface area (Å²) in [4.78, 5) is 7.97. The minimum atomic E-state index is -4.42. The molecule has 27 heavy (non-hydrogen) atoms. The van der Waals surface area contributed by atoms with Gasteiger partial charge in [0.1, 0.15) is 5.69 Å². The van der Waals surface area contributed by atoms with Gasteiger partial charge < -0.3 is 0 Å². The van der Waals surface area contributed by atoms with Crippen LogP contribution in [0.1, 0.15) is 23.2 Å². The Hall–Kier alpha value is -2.06. The number of benzene rings is 1. The number of hydrogen-bond acceptors (Lipinski definition) is 3. The first-order valence-electron chi connectivity index (χ1n) is 8.74. The number of hydrogen-bond donors (Lipinski definition) is 0. The number of aromatic nitrogens is 1. The van der Waals surface area contributed by atoms with Gasteiger partial charge in [-0.3, -0.25) is 14.8 Å². The maximum atomic E-state index is 13.4. The van der Waals surface area contributed by atoms with Gasteiger partial charge in [-0.05, 0) is 35.7 Å². The molecule has 3 nitrogen and oxygen atoms in total. The van der Waals surface area contributed by atoms with Crippen molar-refractivity contribution in [2.24, 2.45) is 0 Å². The van der Waals surface area contributed by atoms with Gasteiger partial charge in [-0.25, -0.2) is 8.78 Å². The molecule has 3 fully saturated rings. The van der Waals surface area contributed by atoms with E-state index >= 15 is 0 Å². The molecule has 0 saturated carbocycles. The highest BCUT2D eigenvalue weighted by molar-refractivity contribution is 5.20. The van der Waals surface area contributed by atoms with Crippen molar-refractivity contribution in [3.05, 3.63) is 65.0 Å². The lowest BCUT2D eigenvalue weighted by atomic mass is 9.86. The molecule has 3 saturated heterocycles. The third kappa shape index (κ3) is 3.82. The van der Waals surface area contributed by atoms with E-state index in [1.54, 1.807) is 6.07 Å². The Balaban J connectivity index is 1.34. The van der Waals surface area contributed by atoms with Gasteiger partial charge >= 0.3 is 6.18 Å². The zero-order valence-electron chi connectivity index (χ0n) is 14.4. The second kappa shape index (κ2) is 6.83. The molecule has 2 bridgehead atoms. The Morgan fingerprint density at radius 1 is 0.926 bits per heavy atom. The minimum absolute atomic E-state index is 0.319. The molecule has 0 radical (unpaired) electrons. The van der Waals surface area contributed by atoms with Crippen LogP contribution in [0.25, 0.3) is 0 Å². The van der Waals surface area contributed by atoms with Gasteiger partial charge in [0.15, 0.2) is 11.6 Å². The summed E-state index contributed by atoms with van der Waals surface area (Å²) < 4.78 is 64.2. The largest absolute Gasteiger partial charge is 0.433 e. The molecule has 2 unspecified atom stereocenters. The maximum absolute atomic E-state index is 13.4. The zero-order valence-corrected chi connectivity index (χ0v) is 14.4. The highest BCUT2D eigenvalue weighted by Crippen LogP contribution is 2.34. The Morgan fingerprint density at radius 2 is 1.63 bits per heavy atom. The molecule has 1 aromatic carbocycles. The molecular formula is C19H18F5N3. The molecule has 3 aliphatic rings. The van der Waals surface area contributed by atoms with Crippen LogP contribution in [0.5, 0.6) is 0 Å². The van der Waals surface area contributed by atoms with E-state index in [1.807, 2.05) is 0 Å². The predicted molar refractivity (Wildman–Crippen MR) is 88.6 cm³/mol. The van der Waals surface area contributed by atoms with E-state index in [9.17, 15) is 22.0 Å². The predicted octanol–water partition coefficient (Wildman–Crippen LogP) is 3.84. The lowest BCUT2D eigenvalue weighted by Crippen LogP contribution is -2.67. The number of fused-ring (bicyclic) bond motifs is 2. The van der Waals surface area contributed by atoms with Gasteiger partial charge in [-0.1, -0.05) is 12.1 Å². The van der Waals surface area contributed by atoms with Crippen molar-refractivity contribution >= 4 is 0 Å². The van der Waals surface area contributed by atoms with Crippen molar-refractivity contribution in [3.63, 3.8) is 0 Å². The lowest BCUT2D eigenvalue weighted by molar-refractivity contribution is -0.141. The molecule has 144 valence electrons. The van der Waals surface area contributed by atoms with Crippen molar-refractivity contribution in [1.29, 1.82) is 0 Å². The fourth-order valence-electron chi connectivity index (χ4n) is 3.95. The van der Waals surface area contributed by atoms with Gasteiger partial charge in [-0.2, -0.15) is 13.2 Å². The van der Waals surface area contributed by atoms with Crippen LogP contribution in [0.3, 0.4) is 0 Å². The molecule has 2 aromatic rings. The van der Waals surface area contributed by atoms with Crippen LogP contribution in [0, 0.1) is 11.6 Å². The number of pyridine rings is 1. The number of rotatable bonds is 4. The summed E-state index contributed by atoms with van der Waals surface area (Å²) >= 11 is 0. The van der Waals surface area contributed by atoms with Crippen LogP contribution >= 0.6 is 0 Å². The number of piperidine rings is 1. The Labute approximate surface area is 153 Å². The van der Waals surface area contributed by atoms with E-state index in [0.717, 1.165) is 42.8 Å². The van der Waals surface area contributed by atoms with Crippen LogP contribution < -0.4 is 0 Å². The first-order chi connectivity index (χ1) is 12.8. The fraction of sp³-hybridized carbons (Fsp3) is 0.421. The highest BCUT2D eigenvalue weighted by Gasteiger charge is 2.44. The number of alkyl halides is 3. The van der Waals surface area contributed by atoms with Gasteiger partial charge in [0.2, 0.25) is 0 Å². The number of nitrogens with zero attached hydrogens (tertiary/aromatic N) is 3. The molecule has 2 atom stereocenters. The molecule has 8 heteroatoms. The molecule has 4 heterocycles. The molecule has 5 rings (SSSR count). The smallest absolute Gasteiger partial charge is 0.296 e. The van der Waals surface area contributed by atoms with Crippen molar-refractivity contribution in [1.82, 2.24) is 14.8 Å². The first kappa shape index (κ1) is 18.3. The topological polar surface area (TPSA) is 19.4 Å². The summed E-state index contributed by atoms with van der Waals surface area (Å²) in [7, 11) is 0. The van der Waals surface area contributed by atoms with E-state index in [4.69, 9.17) is 0 Å². The maximum Gasteiger partial charge on any atom is 0.433 e. The second-order valence-electron chi connectivity index (χ2n) is 7.21. The van der Waals surface area contributed by atoms with Gasteiger partial charge in [-0.15, -0.1) is 0 Å². The minimum Gasteiger partial charge on any atom is -0.296 e. The van der Waals surface area contributed by atoms with Crippen LogP contribution in [0.15, 0.2) is 36.5 Å². The monoisotopic (exact) mass is 383 g/mol. The van der Waals surface area contributed by atoms with E-state index in [1.165, 1.54) is 18.3 Å². The van der Waals surface area contributed by atoms with E-state index in [-0.39, 0.29) is 0 Å². The van der Waals surface area contributed by atoms with E-state index in [2.05, 4.69) is 14.8 Å². The fourth-order valence-corrected chi connectivity index (χ4v) is 3.95. The molecule has 3 aliphatic heterocycles. The van der Waals surface area contributed by atoms with Crippen LogP contribution in [-0.4, -0.2) is 40.0 Å². The Morgan fingerprint density at radius 3 is 2.22 bits per heavy atom. The molecule has 0 aliphatic carbocycles. The Bertz CT molecular complexity index is 809. The molecule has 0 N–H and O–H groups in total. The van der Waals surface area contributed by atoms with Crippen LogP contribution in [0.2, 0.25) is 0 Å². The van der Waals surface area contributed by atoms with Crippen molar-refractivity contribution in [3.8, 4) is 0 Å². The van der Waals surface area contributed by atoms with E-state index in [0.29, 0.717) is 25.2 Å². The molecule has 1 aromatic heterocycles. The molecule has 0 spiro atoms. The third-order valence-electron chi connectivity index (χ3n) is 5.29. The SMILES string of the molecule is Fc1ccc(CN2C3CC2CN(Cc2ccc(C(F)(F)F)nc2)C3)cc1F. The number of piperazine rings is 1. The summed E-state index contributed by atoms with van der Waals surface area (Å²) in [5, 5.41) is 0. The normalized spacial score (nSPS) is 23.3. The zero-order chi connectivity index (χ0) is 19.2. The lowest BCUT2D eigenvalue weighted by Gasteiger charge is -2.56. The summed E-state index contributed by atoms with van der Waals surface area (Å²) in [5.74, 6) is -1.69. The summed E-state index contributed by atoms with van der Waals surface area (Å²) in [6.45, 7) is 2.71. The molecular weight excluding hydrogens is 365 g/mol. The standard InChI is InChI=1S/C19H18F5N3/c20-16-3-1-12(5-17(16)21)9-27-14-6-15(27)11-26(10-14)8-13-2-4-18(25-7-13)19(22,23)24/h1-5,7,14-15H,6,8-11H2. The quantitative estimate of drug-likeness (QED) is 0.748. The highest BCUT2D eigenvalue weighted by atomic mass is 19.4. The van der Waals surface area contributed by atoms with Gasteiger partial charge in [0, 0.05) is 44.5 Å². The summed E-state index contributed by atoms with van der Waals surface area (Å²) in [6, 6.07) is 7.08. The summed E-state index contributed by atoms with van der Waals surface area (Å²) in [5.41, 5.74) is 0.603. The average molecular weight is 383 g/mol. The summed E-state index contributed by atoms with van der Waals surface area (Å²) in [6.07, 6.45) is -2.10. The van der Waals surface area contributed by atoms with Crippen molar-refractivity contribution in [2.75, 3.05) is 13.1 Å². The van der Waals surface area contributed by atoms with E-state index < -0.39 is 23.5 Å². The average Bonchev–Trinajstić information content (AvgIpc) is 2.62. The van der Waals surface area contributed by atoms with Crippen molar-refractivity contribution < 1.29 is 22.0 Å². The Kier molecular flexibility index (Phi) is 4.63. The first-order valence-corrected chi connectivity index (χ1v) is 8.74. The van der Waals surface area contributed by atoms with Gasteiger partial charge in [0.25, 0.3) is 0 Å².